The molecule has 0 saturated carbocycles. The molecule has 0 saturated heterocycles. The second-order valence-electron chi connectivity index (χ2n) is 13.2. The van der Waals surface area contributed by atoms with Gasteiger partial charge in [-0.25, -0.2) is 0 Å². The van der Waals surface area contributed by atoms with Crippen molar-refractivity contribution in [3.8, 4) is 0 Å². The molecule has 0 fully saturated rings. The molecule has 0 aromatic heterocycles. The monoisotopic (exact) mass is 609 g/mol. The fraction of sp³-hybridized carbons (Fsp3) is 0.923. The van der Waals surface area contributed by atoms with E-state index in [1.165, 1.54) is 161 Å². The summed E-state index contributed by atoms with van der Waals surface area (Å²) in [5.74, 6) is -0.0930. The predicted octanol–water partition coefficient (Wildman–Crippen LogP) is 12.2. The van der Waals surface area contributed by atoms with Crippen molar-refractivity contribution in [1.29, 1.82) is 0 Å². The number of carbonyl (C=O) groups is 1. The van der Waals surface area contributed by atoms with Crippen LogP contribution in [0.2, 0.25) is 0 Å². The quantitative estimate of drug-likeness (QED) is 0.0437. The third-order valence-corrected chi connectivity index (χ3v) is 8.82. The lowest BCUT2D eigenvalue weighted by Gasteiger charge is -2.18. The summed E-state index contributed by atoms with van der Waals surface area (Å²) in [5, 5.41) is 10.1. The summed E-state index contributed by atoms with van der Waals surface area (Å²) in [6.07, 6.45) is 39.0. The van der Waals surface area contributed by atoms with Gasteiger partial charge in [0.25, 0.3) is 0 Å². The molecule has 0 heterocycles. The zero-order valence-electron chi connectivity index (χ0n) is 29.2. The molecule has 4 nitrogen and oxygen atoms in total. The molecule has 256 valence electrons. The van der Waals surface area contributed by atoms with Crippen molar-refractivity contribution >= 4 is 5.97 Å². The van der Waals surface area contributed by atoms with Crippen LogP contribution in [0.1, 0.15) is 206 Å². The summed E-state index contributed by atoms with van der Waals surface area (Å²) in [6, 6.07) is 0. The average Bonchev–Trinajstić information content (AvgIpc) is 3.01. The van der Waals surface area contributed by atoms with Gasteiger partial charge in [0.15, 0.2) is 0 Å². The Hall–Kier alpha value is -0.870. The van der Waals surface area contributed by atoms with Crippen LogP contribution in [0.4, 0.5) is 0 Å². The number of ether oxygens (including phenoxy) is 2. The van der Waals surface area contributed by atoms with E-state index < -0.39 is 0 Å². The molecular formula is C39H76O4. The summed E-state index contributed by atoms with van der Waals surface area (Å²) in [7, 11) is 0. The SMILES string of the molecule is C=CCOC(=O)CCCCCCCCCCC(CCCCCC)OCCCCCCCCCCCC(O)CCCCCC. The Balaban J connectivity index is 3.70. The summed E-state index contributed by atoms with van der Waals surface area (Å²) >= 11 is 0. The van der Waals surface area contributed by atoms with Gasteiger partial charge in [0.1, 0.15) is 6.61 Å². The summed E-state index contributed by atoms with van der Waals surface area (Å²) in [6.45, 7) is 9.37. The molecule has 0 aliphatic carbocycles. The van der Waals surface area contributed by atoms with Gasteiger partial charge in [-0.15, -0.1) is 0 Å². The number of rotatable bonds is 36. The van der Waals surface area contributed by atoms with Crippen LogP contribution >= 0.6 is 0 Å². The maximum absolute atomic E-state index is 11.5. The summed E-state index contributed by atoms with van der Waals surface area (Å²) in [4.78, 5) is 11.5. The minimum absolute atomic E-state index is 0.0603. The molecule has 0 spiro atoms. The number of carbonyl (C=O) groups excluding carboxylic acids is 1. The van der Waals surface area contributed by atoms with Crippen molar-refractivity contribution in [2.24, 2.45) is 0 Å². The normalized spacial score (nSPS) is 12.8. The molecule has 43 heavy (non-hydrogen) atoms. The highest BCUT2D eigenvalue weighted by atomic mass is 16.5. The number of hydrogen-bond acceptors (Lipinski definition) is 4. The molecule has 0 radical (unpaired) electrons. The fourth-order valence-electron chi connectivity index (χ4n) is 5.96. The number of esters is 1. The lowest BCUT2D eigenvalue weighted by molar-refractivity contribution is -0.142. The highest BCUT2D eigenvalue weighted by Crippen LogP contribution is 2.18. The molecule has 4 heteroatoms. The van der Waals surface area contributed by atoms with Crippen LogP contribution in [-0.4, -0.2) is 36.5 Å². The molecule has 0 amide bonds. The number of aliphatic hydroxyl groups is 1. The first-order chi connectivity index (χ1) is 21.1. The van der Waals surface area contributed by atoms with Gasteiger partial charge in [-0.1, -0.05) is 174 Å². The van der Waals surface area contributed by atoms with E-state index in [1.807, 2.05) is 0 Å². The van der Waals surface area contributed by atoms with E-state index >= 15 is 0 Å². The topological polar surface area (TPSA) is 55.8 Å². The number of unbranched alkanes of at least 4 members (excludes halogenated alkanes) is 21. The predicted molar refractivity (Wildman–Crippen MR) is 187 cm³/mol. The zero-order chi connectivity index (χ0) is 31.5. The second kappa shape index (κ2) is 35.6. The van der Waals surface area contributed by atoms with Crippen LogP contribution in [-0.2, 0) is 14.3 Å². The number of hydrogen-bond donors (Lipinski definition) is 1. The van der Waals surface area contributed by atoms with Crippen LogP contribution < -0.4 is 0 Å². The molecular weight excluding hydrogens is 532 g/mol. The van der Waals surface area contributed by atoms with E-state index in [0.717, 1.165) is 32.3 Å². The molecule has 0 rings (SSSR count). The molecule has 2 unspecified atom stereocenters. The standard InChI is InChI=1S/C39H76O4/c1-4-7-9-24-30-37(40)31-25-20-16-12-11-15-19-23-29-36-42-38(32-26-10-8-5-2)33-27-21-17-13-14-18-22-28-34-39(41)43-35-6-3/h6,37-38,40H,3-5,7-36H2,1-2H3. The van der Waals surface area contributed by atoms with Gasteiger partial charge >= 0.3 is 5.97 Å². The lowest BCUT2D eigenvalue weighted by atomic mass is 10.0. The maximum atomic E-state index is 11.5. The van der Waals surface area contributed by atoms with Crippen LogP contribution in [0, 0.1) is 0 Å². The summed E-state index contributed by atoms with van der Waals surface area (Å²) < 4.78 is 11.4. The highest BCUT2D eigenvalue weighted by Gasteiger charge is 2.09. The molecule has 0 aliphatic rings. The van der Waals surface area contributed by atoms with Crippen molar-refractivity contribution in [3.05, 3.63) is 12.7 Å². The van der Waals surface area contributed by atoms with Gasteiger partial charge in [0.2, 0.25) is 0 Å². The lowest BCUT2D eigenvalue weighted by Crippen LogP contribution is -2.14. The van der Waals surface area contributed by atoms with Crippen LogP contribution in [0.15, 0.2) is 12.7 Å². The van der Waals surface area contributed by atoms with E-state index in [-0.39, 0.29) is 12.1 Å². The first-order valence-corrected chi connectivity index (χ1v) is 19.2. The Morgan fingerprint density at radius 1 is 0.581 bits per heavy atom. The van der Waals surface area contributed by atoms with E-state index in [2.05, 4.69) is 20.4 Å². The van der Waals surface area contributed by atoms with Crippen molar-refractivity contribution in [3.63, 3.8) is 0 Å². The van der Waals surface area contributed by atoms with Crippen LogP contribution in [0.3, 0.4) is 0 Å². The smallest absolute Gasteiger partial charge is 0.306 e. The molecule has 0 aromatic carbocycles. The first-order valence-electron chi connectivity index (χ1n) is 19.2. The van der Waals surface area contributed by atoms with E-state index in [0.29, 0.717) is 19.1 Å². The van der Waals surface area contributed by atoms with Crippen molar-refractivity contribution in [2.45, 2.75) is 219 Å². The number of aliphatic hydroxyl groups excluding tert-OH is 1. The van der Waals surface area contributed by atoms with Gasteiger partial charge in [-0.2, -0.15) is 0 Å². The Kier molecular flexibility index (Phi) is 34.9. The minimum atomic E-state index is -0.0930. The second-order valence-corrected chi connectivity index (χ2v) is 13.2. The van der Waals surface area contributed by atoms with Gasteiger partial charge in [0.05, 0.1) is 12.2 Å². The molecule has 0 aromatic rings. The molecule has 0 aliphatic heterocycles. The molecule has 0 bridgehead atoms. The largest absolute Gasteiger partial charge is 0.461 e. The highest BCUT2D eigenvalue weighted by molar-refractivity contribution is 5.69. The maximum Gasteiger partial charge on any atom is 0.306 e. The average molecular weight is 609 g/mol. The van der Waals surface area contributed by atoms with Crippen molar-refractivity contribution < 1.29 is 19.4 Å². The molecule has 1 N–H and O–H groups in total. The van der Waals surface area contributed by atoms with Gasteiger partial charge in [0, 0.05) is 13.0 Å². The van der Waals surface area contributed by atoms with Gasteiger partial charge in [-0.05, 0) is 38.5 Å². The van der Waals surface area contributed by atoms with E-state index in [9.17, 15) is 9.90 Å². The Morgan fingerprint density at radius 3 is 1.44 bits per heavy atom. The van der Waals surface area contributed by atoms with Crippen LogP contribution in [0.25, 0.3) is 0 Å². The Bertz CT molecular complexity index is 563. The van der Waals surface area contributed by atoms with Gasteiger partial charge in [-0.3, -0.25) is 4.79 Å². The summed E-state index contributed by atoms with van der Waals surface area (Å²) in [5.41, 5.74) is 0. The van der Waals surface area contributed by atoms with Crippen molar-refractivity contribution in [1.82, 2.24) is 0 Å². The van der Waals surface area contributed by atoms with E-state index in [1.54, 1.807) is 6.08 Å². The minimum Gasteiger partial charge on any atom is -0.461 e. The van der Waals surface area contributed by atoms with Crippen molar-refractivity contribution in [2.75, 3.05) is 13.2 Å². The first kappa shape index (κ1) is 42.1. The Labute approximate surface area is 269 Å². The van der Waals surface area contributed by atoms with Crippen LogP contribution in [0.5, 0.6) is 0 Å². The van der Waals surface area contributed by atoms with E-state index in [4.69, 9.17) is 9.47 Å². The fourth-order valence-corrected chi connectivity index (χ4v) is 5.96. The Morgan fingerprint density at radius 2 is 0.977 bits per heavy atom. The third kappa shape index (κ3) is 33.9. The zero-order valence-corrected chi connectivity index (χ0v) is 29.2. The third-order valence-electron chi connectivity index (χ3n) is 8.82. The van der Waals surface area contributed by atoms with Gasteiger partial charge < -0.3 is 14.6 Å². The molecule has 2 atom stereocenters.